The van der Waals surface area contributed by atoms with Crippen LogP contribution in [0.4, 0.5) is 0 Å². The Kier molecular flexibility index (Phi) is 10.1. The van der Waals surface area contributed by atoms with Crippen molar-refractivity contribution in [3.8, 4) is 17.2 Å². The number of hydrogen-bond donors (Lipinski definition) is 4. The van der Waals surface area contributed by atoms with Gasteiger partial charge < -0.3 is 29.9 Å². The van der Waals surface area contributed by atoms with Crippen molar-refractivity contribution >= 4 is 17.8 Å². The maximum absolute atomic E-state index is 14.0. The molecule has 1 aromatic carbocycles. The standard InChI is InChI=1S/C38H48O8/c1-21(2)10-9-15-37(8)16-14-29-33(41)30(32(40)28(34(29)46-37)12-11-22(3)4)31(39)24(6)18-26-19-27-20-38(35(26)42,45-25(27)7)17-13-23(5)36(43)44/h10-11,13-14,16,18,26-27,35,40-42H,7,9,12,15,17,19-20H2,1-6,8H3,(H,43,44)/b23-13-,24-18+. The molecule has 0 amide bonds. The summed E-state index contributed by atoms with van der Waals surface area (Å²) in [4.78, 5) is 25.4. The number of carboxylic acid groups (broad SMARTS) is 1. The summed E-state index contributed by atoms with van der Waals surface area (Å²) in [5, 5.41) is 43.9. The lowest BCUT2D eigenvalue weighted by Crippen LogP contribution is -2.48. The highest BCUT2D eigenvalue weighted by Crippen LogP contribution is 2.52. The van der Waals surface area contributed by atoms with Crippen LogP contribution in [0.2, 0.25) is 0 Å². The molecule has 1 saturated carbocycles. The molecule has 4 rings (SSSR count). The fourth-order valence-corrected chi connectivity index (χ4v) is 6.64. The number of carbonyl (C=O) groups excluding carboxylic acids is 1. The second-order valence-corrected chi connectivity index (χ2v) is 13.8. The zero-order valence-electron chi connectivity index (χ0n) is 28.1. The molecule has 5 atom stereocenters. The molecule has 2 aliphatic heterocycles. The fraction of sp³-hybridized carbons (Fsp3) is 0.474. The summed E-state index contributed by atoms with van der Waals surface area (Å²) in [6, 6.07) is 0. The van der Waals surface area contributed by atoms with Crippen molar-refractivity contribution in [3.05, 3.63) is 81.7 Å². The molecule has 1 aliphatic carbocycles. The number of fused-ring (bicyclic) bond motifs is 3. The summed E-state index contributed by atoms with van der Waals surface area (Å²) in [6.45, 7) is 17.0. The van der Waals surface area contributed by atoms with Gasteiger partial charge in [0.25, 0.3) is 0 Å². The predicted molar refractivity (Wildman–Crippen MR) is 179 cm³/mol. The van der Waals surface area contributed by atoms with Gasteiger partial charge in [0.05, 0.1) is 11.3 Å². The van der Waals surface area contributed by atoms with Crippen molar-refractivity contribution < 1.29 is 39.5 Å². The van der Waals surface area contributed by atoms with Crippen LogP contribution in [0.3, 0.4) is 0 Å². The number of carboxylic acids is 1. The summed E-state index contributed by atoms with van der Waals surface area (Å²) in [5.41, 5.74) is 1.44. The summed E-state index contributed by atoms with van der Waals surface area (Å²) >= 11 is 0. The number of phenolic OH excluding ortho intramolecular Hbond substituents is 2. The predicted octanol–water partition coefficient (Wildman–Crippen LogP) is 7.74. The summed E-state index contributed by atoms with van der Waals surface area (Å²) in [5.74, 6) is -1.99. The SMILES string of the molecule is C=C1OC2(C/C=C(/C)C(=O)O)CC1CC(/C=C(\C)C(=O)c1c(O)c3c(c(CC=C(C)C)c1O)OC(C)(CCC=C(C)C)C=C3)C2O. The largest absolute Gasteiger partial charge is 0.507 e. The van der Waals surface area contributed by atoms with Gasteiger partial charge in [0.15, 0.2) is 5.78 Å². The molecule has 1 saturated heterocycles. The molecule has 0 aromatic heterocycles. The minimum Gasteiger partial charge on any atom is -0.507 e. The molecule has 2 heterocycles. The highest BCUT2D eigenvalue weighted by Gasteiger charge is 2.55. The van der Waals surface area contributed by atoms with Gasteiger partial charge in [-0.3, -0.25) is 4.79 Å². The number of aliphatic hydroxyl groups is 1. The molecular formula is C38H48O8. The van der Waals surface area contributed by atoms with E-state index >= 15 is 0 Å². The number of phenols is 2. The topological polar surface area (TPSA) is 134 Å². The van der Waals surface area contributed by atoms with Crippen molar-refractivity contribution in [1.29, 1.82) is 0 Å². The Labute approximate surface area is 272 Å². The van der Waals surface area contributed by atoms with E-state index in [1.165, 1.54) is 12.5 Å². The van der Waals surface area contributed by atoms with E-state index in [0.29, 0.717) is 48.3 Å². The number of hydrogen-bond acceptors (Lipinski definition) is 7. The van der Waals surface area contributed by atoms with E-state index < -0.39 is 35.0 Å². The lowest BCUT2D eigenvalue weighted by atomic mass is 9.70. The van der Waals surface area contributed by atoms with Gasteiger partial charge >= 0.3 is 5.97 Å². The molecular weight excluding hydrogens is 584 g/mol. The van der Waals surface area contributed by atoms with Gasteiger partial charge in [0, 0.05) is 29.4 Å². The zero-order chi connectivity index (χ0) is 34.1. The maximum atomic E-state index is 14.0. The number of aliphatic carboxylic acids is 1. The van der Waals surface area contributed by atoms with Crippen LogP contribution >= 0.6 is 0 Å². The third-order valence-corrected chi connectivity index (χ3v) is 9.40. The van der Waals surface area contributed by atoms with E-state index in [1.54, 1.807) is 25.2 Å². The molecule has 0 spiro atoms. The van der Waals surface area contributed by atoms with Gasteiger partial charge in [-0.1, -0.05) is 42.0 Å². The minimum absolute atomic E-state index is 0.0689. The average molecular weight is 633 g/mol. The first kappa shape index (κ1) is 34.8. The van der Waals surface area contributed by atoms with Crippen LogP contribution in [0.5, 0.6) is 17.2 Å². The highest BCUT2D eigenvalue weighted by molar-refractivity contribution is 6.13. The third-order valence-electron chi connectivity index (χ3n) is 9.40. The van der Waals surface area contributed by atoms with Crippen LogP contribution in [0.1, 0.15) is 102 Å². The Morgan fingerprint density at radius 3 is 2.30 bits per heavy atom. The Hall–Kier alpha value is -4.04. The Balaban J connectivity index is 1.72. The smallest absolute Gasteiger partial charge is 0.330 e. The van der Waals surface area contributed by atoms with Crippen LogP contribution in [-0.2, 0) is 16.0 Å². The van der Waals surface area contributed by atoms with Gasteiger partial charge in [-0.15, -0.1) is 0 Å². The lowest BCUT2D eigenvalue weighted by Gasteiger charge is -2.39. The molecule has 5 unspecified atom stereocenters. The lowest BCUT2D eigenvalue weighted by molar-refractivity contribution is -0.132. The number of aromatic hydroxyl groups is 2. The number of benzene rings is 1. The normalized spacial score (nSPS) is 27.0. The maximum Gasteiger partial charge on any atom is 0.330 e. The van der Waals surface area contributed by atoms with Gasteiger partial charge in [-0.2, -0.15) is 0 Å². The average Bonchev–Trinajstić information content (AvgIpc) is 3.25. The molecule has 248 valence electrons. The van der Waals surface area contributed by atoms with Crippen LogP contribution in [0, 0.1) is 11.8 Å². The molecule has 3 aliphatic rings. The molecule has 2 fully saturated rings. The van der Waals surface area contributed by atoms with Crippen LogP contribution in [0.25, 0.3) is 6.08 Å². The van der Waals surface area contributed by atoms with Crippen molar-refractivity contribution in [2.75, 3.05) is 0 Å². The molecule has 2 bridgehead atoms. The first-order valence-corrected chi connectivity index (χ1v) is 15.9. The molecule has 4 N–H and O–H groups in total. The van der Waals surface area contributed by atoms with E-state index in [-0.39, 0.29) is 40.5 Å². The number of aliphatic hydroxyl groups excluding tert-OH is 1. The molecule has 1 aromatic rings. The van der Waals surface area contributed by atoms with Crippen molar-refractivity contribution in [2.45, 2.75) is 104 Å². The monoisotopic (exact) mass is 632 g/mol. The van der Waals surface area contributed by atoms with Gasteiger partial charge in [0.1, 0.15) is 40.1 Å². The van der Waals surface area contributed by atoms with Gasteiger partial charge in [-0.25, -0.2) is 4.79 Å². The Morgan fingerprint density at radius 2 is 1.67 bits per heavy atom. The number of carbonyl (C=O) groups is 2. The molecule has 46 heavy (non-hydrogen) atoms. The van der Waals surface area contributed by atoms with Crippen molar-refractivity contribution in [2.24, 2.45) is 11.8 Å². The summed E-state index contributed by atoms with van der Waals surface area (Å²) < 4.78 is 12.6. The first-order chi connectivity index (χ1) is 21.5. The quantitative estimate of drug-likeness (QED) is 0.111. The number of Topliss-reactive ketones (excluding diaryl/α,β-unsaturated/α-hetero) is 1. The van der Waals surface area contributed by atoms with E-state index in [2.05, 4.69) is 12.7 Å². The highest BCUT2D eigenvalue weighted by atomic mass is 16.5. The fourth-order valence-electron chi connectivity index (χ4n) is 6.64. The second kappa shape index (κ2) is 13.4. The molecule has 0 radical (unpaired) electrons. The number of allylic oxidation sites excluding steroid dienone is 6. The Bertz CT molecular complexity index is 1580. The van der Waals surface area contributed by atoms with Crippen LogP contribution < -0.4 is 4.74 Å². The second-order valence-electron chi connectivity index (χ2n) is 13.8. The molecule has 8 heteroatoms. The number of ether oxygens (including phenoxy) is 2. The molecule has 8 nitrogen and oxygen atoms in total. The van der Waals surface area contributed by atoms with Gasteiger partial charge in [-0.05, 0) is 98.3 Å². The van der Waals surface area contributed by atoms with E-state index in [0.717, 1.165) is 12.0 Å². The van der Waals surface area contributed by atoms with E-state index in [1.807, 2.05) is 46.8 Å². The van der Waals surface area contributed by atoms with Crippen molar-refractivity contribution in [1.82, 2.24) is 0 Å². The third kappa shape index (κ3) is 7.02. The van der Waals surface area contributed by atoms with E-state index in [4.69, 9.17) is 9.47 Å². The van der Waals surface area contributed by atoms with E-state index in [9.17, 15) is 30.0 Å². The zero-order valence-corrected chi connectivity index (χ0v) is 28.1. The number of rotatable bonds is 11. The Morgan fingerprint density at radius 1 is 1.00 bits per heavy atom. The number of ketones is 1. The van der Waals surface area contributed by atoms with Gasteiger partial charge in [0.2, 0.25) is 0 Å². The van der Waals surface area contributed by atoms with Crippen LogP contribution in [0.15, 0.2) is 65.0 Å². The van der Waals surface area contributed by atoms with Crippen molar-refractivity contribution in [3.63, 3.8) is 0 Å². The minimum atomic E-state index is -1.06. The summed E-state index contributed by atoms with van der Waals surface area (Å²) in [7, 11) is 0. The first-order valence-electron chi connectivity index (χ1n) is 15.9. The summed E-state index contributed by atoms with van der Waals surface area (Å²) in [6.07, 6.45) is 12.8. The van der Waals surface area contributed by atoms with Crippen LogP contribution in [-0.4, -0.2) is 49.5 Å².